The Morgan fingerprint density at radius 1 is 1.00 bits per heavy atom. The minimum absolute atomic E-state index is 0.0612. The Labute approximate surface area is 232 Å². The number of hydrogen-bond acceptors (Lipinski definition) is 6. The van der Waals surface area contributed by atoms with Gasteiger partial charge in [0, 0.05) is 32.6 Å². The zero-order valence-electron chi connectivity index (χ0n) is 23.9. The second kappa shape index (κ2) is 14.3. The fourth-order valence-corrected chi connectivity index (χ4v) is 5.25. The Bertz CT molecular complexity index is 969. The number of carbonyl (C=O) groups is 4. The summed E-state index contributed by atoms with van der Waals surface area (Å²) in [5.41, 5.74) is 0.341. The van der Waals surface area contributed by atoms with E-state index in [1.54, 1.807) is 11.8 Å². The van der Waals surface area contributed by atoms with Gasteiger partial charge in [-0.2, -0.15) is 0 Å². The van der Waals surface area contributed by atoms with Gasteiger partial charge in [-0.15, -0.1) is 0 Å². The first kappa shape index (κ1) is 30.4. The summed E-state index contributed by atoms with van der Waals surface area (Å²) in [5.74, 6) is -0.336. The molecule has 3 rings (SSSR count). The first-order chi connectivity index (χ1) is 18.6. The first-order valence-electron chi connectivity index (χ1n) is 14.3. The van der Waals surface area contributed by atoms with Gasteiger partial charge in [-0.1, -0.05) is 30.3 Å². The zero-order chi connectivity index (χ0) is 28.4. The Morgan fingerprint density at radius 2 is 1.69 bits per heavy atom. The number of hydrogen-bond donors (Lipinski definition) is 1. The van der Waals surface area contributed by atoms with Crippen molar-refractivity contribution in [3.05, 3.63) is 35.9 Å². The smallest absolute Gasteiger partial charge is 0.410 e. The van der Waals surface area contributed by atoms with Crippen molar-refractivity contribution in [1.29, 1.82) is 0 Å². The van der Waals surface area contributed by atoms with Gasteiger partial charge < -0.3 is 24.6 Å². The quantitative estimate of drug-likeness (QED) is 0.461. The average Bonchev–Trinajstić information content (AvgIpc) is 2.91. The van der Waals surface area contributed by atoms with Crippen molar-refractivity contribution in [2.45, 2.75) is 84.3 Å². The van der Waals surface area contributed by atoms with E-state index in [-0.39, 0.29) is 42.8 Å². The van der Waals surface area contributed by atoms with Crippen LogP contribution in [0.4, 0.5) is 4.79 Å². The van der Waals surface area contributed by atoms with Crippen LogP contribution in [0.3, 0.4) is 0 Å². The Balaban J connectivity index is 1.47. The number of nitrogens with zero attached hydrogens (tertiary/aromatic N) is 2. The molecule has 3 amide bonds. The van der Waals surface area contributed by atoms with Crippen molar-refractivity contribution in [1.82, 2.24) is 15.1 Å². The highest BCUT2D eigenvalue weighted by Gasteiger charge is 2.31. The lowest BCUT2D eigenvalue weighted by Gasteiger charge is -2.35. The minimum Gasteiger partial charge on any atom is -0.466 e. The Morgan fingerprint density at radius 3 is 2.33 bits per heavy atom. The normalized spacial score (nSPS) is 19.2. The summed E-state index contributed by atoms with van der Waals surface area (Å²) in [5, 5.41) is 3.04. The molecule has 1 aromatic rings. The second-order valence-corrected chi connectivity index (χ2v) is 11.6. The third-order valence-electron chi connectivity index (χ3n) is 7.37. The van der Waals surface area contributed by atoms with Crippen LogP contribution >= 0.6 is 0 Å². The number of nitrogens with one attached hydrogen (secondary N) is 1. The van der Waals surface area contributed by atoms with Crippen molar-refractivity contribution in [3.63, 3.8) is 0 Å². The lowest BCUT2D eigenvalue weighted by atomic mass is 9.91. The average molecular weight is 544 g/mol. The molecule has 2 saturated heterocycles. The summed E-state index contributed by atoms with van der Waals surface area (Å²) in [6, 6.07) is 8.94. The molecule has 1 aromatic carbocycles. The molecule has 0 saturated carbocycles. The summed E-state index contributed by atoms with van der Waals surface area (Å²) in [6.07, 6.45) is 4.21. The van der Waals surface area contributed by atoms with Crippen LogP contribution in [-0.2, 0) is 23.9 Å². The lowest BCUT2D eigenvalue weighted by Crippen LogP contribution is -2.46. The minimum atomic E-state index is -0.507. The highest BCUT2D eigenvalue weighted by atomic mass is 16.6. The predicted octanol–water partition coefficient (Wildman–Crippen LogP) is 4.46. The second-order valence-electron chi connectivity index (χ2n) is 11.6. The molecule has 0 spiro atoms. The van der Waals surface area contributed by atoms with Gasteiger partial charge in [0.15, 0.2) is 0 Å². The maximum Gasteiger partial charge on any atom is 0.410 e. The number of amides is 3. The van der Waals surface area contributed by atoms with E-state index in [2.05, 4.69) is 5.32 Å². The van der Waals surface area contributed by atoms with E-state index >= 15 is 0 Å². The van der Waals surface area contributed by atoms with Crippen molar-refractivity contribution in [2.24, 2.45) is 11.8 Å². The van der Waals surface area contributed by atoms with E-state index in [0.29, 0.717) is 44.9 Å². The van der Waals surface area contributed by atoms with Crippen LogP contribution in [0.15, 0.2) is 30.3 Å². The molecular formula is C30H45N3O6. The van der Waals surface area contributed by atoms with Crippen LogP contribution in [0.25, 0.3) is 0 Å². The molecule has 2 aliphatic heterocycles. The monoisotopic (exact) mass is 543 g/mol. The van der Waals surface area contributed by atoms with Gasteiger partial charge in [-0.25, -0.2) is 4.79 Å². The molecule has 2 aliphatic rings. The molecular weight excluding hydrogens is 498 g/mol. The summed E-state index contributed by atoms with van der Waals surface area (Å²) >= 11 is 0. The van der Waals surface area contributed by atoms with Gasteiger partial charge in [-0.3, -0.25) is 14.4 Å². The fraction of sp³-hybridized carbons (Fsp3) is 0.667. The molecule has 2 atom stereocenters. The van der Waals surface area contributed by atoms with E-state index in [9.17, 15) is 19.2 Å². The van der Waals surface area contributed by atoms with E-state index in [4.69, 9.17) is 9.47 Å². The van der Waals surface area contributed by atoms with E-state index in [1.165, 1.54) is 0 Å². The number of ether oxygens (including phenoxy) is 2. The van der Waals surface area contributed by atoms with Gasteiger partial charge in [0.05, 0.1) is 25.0 Å². The lowest BCUT2D eigenvalue weighted by molar-refractivity contribution is -0.144. The molecule has 1 N–H and O–H groups in total. The maximum atomic E-state index is 13.2. The number of rotatable bonds is 9. The molecule has 39 heavy (non-hydrogen) atoms. The standard InChI is InChI=1S/C30H45N3O6/c1-5-38-27(35)20-25(23-10-7-6-8-11-23)31-28(36)24-12-9-17-33(21-24)26(34)14-13-22-15-18-32(19-16-22)29(37)39-30(2,3)4/h6-8,10-11,22,24-25H,5,9,12-21H2,1-4H3,(H,31,36)/t24-,25+/m1/s1. The molecule has 0 unspecified atom stereocenters. The first-order valence-corrected chi connectivity index (χ1v) is 14.3. The highest BCUT2D eigenvalue weighted by molar-refractivity contribution is 5.82. The molecule has 0 radical (unpaired) electrons. The molecule has 216 valence electrons. The molecule has 9 nitrogen and oxygen atoms in total. The number of benzene rings is 1. The number of carbonyl (C=O) groups excluding carboxylic acids is 4. The Hall–Kier alpha value is -3.10. The molecule has 2 fully saturated rings. The van der Waals surface area contributed by atoms with Crippen LogP contribution in [0.2, 0.25) is 0 Å². The number of esters is 1. The van der Waals surface area contributed by atoms with Gasteiger partial charge in [0.1, 0.15) is 5.60 Å². The fourth-order valence-electron chi connectivity index (χ4n) is 5.25. The van der Waals surface area contributed by atoms with Crippen LogP contribution in [0, 0.1) is 11.8 Å². The van der Waals surface area contributed by atoms with Gasteiger partial charge >= 0.3 is 12.1 Å². The summed E-state index contributed by atoms with van der Waals surface area (Å²) in [6.45, 7) is 9.98. The summed E-state index contributed by atoms with van der Waals surface area (Å²) in [7, 11) is 0. The number of likely N-dealkylation sites (tertiary alicyclic amines) is 2. The topological polar surface area (TPSA) is 105 Å². The van der Waals surface area contributed by atoms with Crippen LogP contribution in [0.5, 0.6) is 0 Å². The van der Waals surface area contributed by atoms with Gasteiger partial charge in [-0.05, 0) is 71.3 Å². The third-order valence-corrected chi connectivity index (χ3v) is 7.37. The van der Waals surface area contributed by atoms with Crippen LogP contribution < -0.4 is 5.32 Å². The van der Waals surface area contributed by atoms with E-state index in [0.717, 1.165) is 31.2 Å². The largest absolute Gasteiger partial charge is 0.466 e. The van der Waals surface area contributed by atoms with Crippen molar-refractivity contribution >= 4 is 23.9 Å². The van der Waals surface area contributed by atoms with Crippen molar-refractivity contribution in [2.75, 3.05) is 32.8 Å². The van der Waals surface area contributed by atoms with Crippen LogP contribution in [-0.4, -0.2) is 72.1 Å². The highest BCUT2D eigenvalue weighted by Crippen LogP contribution is 2.26. The van der Waals surface area contributed by atoms with E-state index < -0.39 is 11.6 Å². The van der Waals surface area contributed by atoms with E-state index in [1.807, 2.05) is 56.0 Å². The maximum absolute atomic E-state index is 13.2. The molecule has 9 heteroatoms. The molecule has 0 bridgehead atoms. The molecule has 0 aliphatic carbocycles. The van der Waals surface area contributed by atoms with Crippen LogP contribution in [0.1, 0.15) is 84.2 Å². The molecule has 2 heterocycles. The Kier molecular flexibility index (Phi) is 11.2. The third kappa shape index (κ3) is 9.86. The van der Waals surface area contributed by atoms with Gasteiger partial charge in [0.2, 0.25) is 11.8 Å². The molecule has 0 aromatic heterocycles. The van der Waals surface area contributed by atoms with Crippen molar-refractivity contribution < 1.29 is 28.7 Å². The summed E-state index contributed by atoms with van der Waals surface area (Å²) in [4.78, 5) is 54.3. The zero-order valence-corrected chi connectivity index (χ0v) is 23.9. The van der Waals surface area contributed by atoms with Gasteiger partial charge in [0.25, 0.3) is 0 Å². The predicted molar refractivity (Wildman–Crippen MR) is 148 cm³/mol. The number of piperidine rings is 2. The summed E-state index contributed by atoms with van der Waals surface area (Å²) < 4.78 is 10.6. The van der Waals surface area contributed by atoms with Crippen molar-refractivity contribution in [3.8, 4) is 0 Å². The SMILES string of the molecule is CCOC(=O)C[C@H](NC(=O)[C@@H]1CCCN(C(=O)CCC2CCN(C(=O)OC(C)(C)C)CC2)C1)c1ccccc1.